The molecule has 0 saturated heterocycles. The van der Waals surface area contributed by atoms with Gasteiger partial charge in [0.1, 0.15) is 5.82 Å². The third kappa shape index (κ3) is 4.07. The van der Waals surface area contributed by atoms with E-state index in [1.54, 1.807) is 18.6 Å². The van der Waals surface area contributed by atoms with Crippen molar-refractivity contribution >= 4 is 39.1 Å². The minimum Gasteiger partial charge on any atom is -0.354 e. The van der Waals surface area contributed by atoms with Gasteiger partial charge in [-0.3, -0.25) is 14.8 Å². The molecule has 3 heterocycles. The number of hydrogen-bond acceptors (Lipinski definition) is 5. The molecule has 3 aromatic heterocycles. The maximum Gasteiger partial charge on any atom is 0.166 e. The van der Waals surface area contributed by atoms with Crippen LogP contribution in [0.5, 0.6) is 0 Å². The molecule has 0 bridgehead atoms. The molecule has 33 heavy (non-hydrogen) atoms. The van der Waals surface area contributed by atoms with Gasteiger partial charge in [-0.05, 0) is 36.6 Å². The summed E-state index contributed by atoms with van der Waals surface area (Å²) < 4.78 is 0. The second kappa shape index (κ2) is 8.82. The second-order valence-corrected chi connectivity index (χ2v) is 8.23. The number of hydrogen-bond donors (Lipinski definition) is 2. The molecule has 2 N–H and O–H groups in total. The number of aryl methyl sites for hydroxylation is 1. The summed E-state index contributed by atoms with van der Waals surface area (Å²) >= 11 is 0. The average molecular weight is 436 g/mol. The molecule has 0 saturated carbocycles. The van der Waals surface area contributed by atoms with Crippen molar-refractivity contribution in [1.29, 1.82) is 0 Å². The first-order valence-electron chi connectivity index (χ1n) is 11.2. The van der Waals surface area contributed by atoms with Gasteiger partial charge in [0.15, 0.2) is 5.78 Å². The Morgan fingerprint density at radius 1 is 1.06 bits per heavy atom. The number of aromatic nitrogens is 4. The van der Waals surface area contributed by atoms with Crippen molar-refractivity contribution in [3.63, 3.8) is 0 Å². The van der Waals surface area contributed by atoms with Crippen LogP contribution < -0.4 is 5.32 Å². The van der Waals surface area contributed by atoms with E-state index in [2.05, 4.69) is 34.3 Å². The van der Waals surface area contributed by atoms with Crippen LogP contribution in [0.4, 0.5) is 11.4 Å². The highest BCUT2D eigenvalue weighted by Gasteiger charge is 2.18. The van der Waals surface area contributed by atoms with Gasteiger partial charge in [-0.15, -0.1) is 0 Å². The third-order valence-corrected chi connectivity index (χ3v) is 5.85. The number of carbonyl (C=O) groups is 1. The van der Waals surface area contributed by atoms with Gasteiger partial charge < -0.3 is 10.3 Å². The number of anilines is 2. The minimum absolute atomic E-state index is 0.0955. The van der Waals surface area contributed by atoms with Crippen LogP contribution in [0.2, 0.25) is 0 Å². The lowest BCUT2D eigenvalue weighted by atomic mass is 9.99. The first kappa shape index (κ1) is 20.8. The molecule has 0 aliphatic carbocycles. The van der Waals surface area contributed by atoms with E-state index >= 15 is 0 Å². The highest BCUT2D eigenvalue weighted by atomic mass is 16.1. The fraction of sp³-hybridized carbons (Fsp3) is 0.185. The van der Waals surface area contributed by atoms with Crippen molar-refractivity contribution in [2.75, 3.05) is 5.32 Å². The topological polar surface area (TPSA) is 83.6 Å². The minimum atomic E-state index is 0.0955. The van der Waals surface area contributed by atoms with Crippen LogP contribution in [0.3, 0.4) is 0 Å². The maximum absolute atomic E-state index is 13.0. The zero-order valence-electron chi connectivity index (χ0n) is 18.7. The Labute approximate surface area is 192 Å². The number of imidazole rings is 1. The van der Waals surface area contributed by atoms with E-state index in [0.29, 0.717) is 18.4 Å². The summed E-state index contributed by atoms with van der Waals surface area (Å²) in [6.45, 7) is 4.07. The summed E-state index contributed by atoms with van der Waals surface area (Å²) in [6.07, 6.45) is 7.12. The Kier molecular flexibility index (Phi) is 5.57. The van der Waals surface area contributed by atoms with E-state index in [4.69, 9.17) is 9.97 Å². The fourth-order valence-electron chi connectivity index (χ4n) is 4.16. The number of fused-ring (bicyclic) bond motifs is 2. The van der Waals surface area contributed by atoms with Crippen LogP contribution in [-0.4, -0.2) is 25.7 Å². The number of benzene rings is 2. The van der Waals surface area contributed by atoms with Crippen molar-refractivity contribution in [1.82, 2.24) is 19.9 Å². The largest absolute Gasteiger partial charge is 0.354 e. The Morgan fingerprint density at radius 3 is 2.76 bits per heavy atom. The second-order valence-electron chi connectivity index (χ2n) is 8.23. The van der Waals surface area contributed by atoms with Crippen LogP contribution >= 0.6 is 0 Å². The number of nitrogens with zero attached hydrogens (tertiary/aromatic N) is 3. The number of para-hydroxylation sites is 2. The number of aromatic amines is 1. The predicted octanol–water partition coefficient (Wildman–Crippen LogP) is 6.13. The Bertz CT molecular complexity index is 1440. The highest BCUT2D eigenvalue weighted by Crippen LogP contribution is 2.33. The Balaban J connectivity index is 1.62. The number of H-pyrrole nitrogens is 1. The van der Waals surface area contributed by atoms with Gasteiger partial charge in [0.2, 0.25) is 0 Å². The molecule has 0 atom stereocenters. The van der Waals surface area contributed by atoms with Crippen LogP contribution in [0.25, 0.3) is 21.9 Å². The van der Waals surface area contributed by atoms with Gasteiger partial charge in [0.25, 0.3) is 0 Å². The summed E-state index contributed by atoms with van der Waals surface area (Å²) in [5.41, 5.74) is 7.23. The van der Waals surface area contributed by atoms with E-state index in [9.17, 15) is 4.79 Å². The number of carbonyl (C=O) groups excluding carboxylic acids is 1. The van der Waals surface area contributed by atoms with Crippen molar-refractivity contribution in [2.45, 2.75) is 33.1 Å². The molecule has 0 spiro atoms. The molecule has 164 valence electrons. The smallest absolute Gasteiger partial charge is 0.166 e. The molecule has 5 rings (SSSR count). The van der Waals surface area contributed by atoms with Crippen LogP contribution in [-0.2, 0) is 6.42 Å². The van der Waals surface area contributed by atoms with E-state index in [1.165, 1.54) is 0 Å². The SMILES string of the molecule is CCCC(=O)c1cnc2c(Cc3nc4ccncc4[nH]3)cccc2c1Nc1ccccc1C. The molecule has 6 nitrogen and oxygen atoms in total. The Hall–Kier alpha value is -4.06. The quantitative estimate of drug-likeness (QED) is 0.300. The van der Waals surface area contributed by atoms with E-state index in [0.717, 1.165) is 56.7 Å². The number of rotatable bonds is 7. The Morgan fingerprint density at radius 2 is 1.94 bits per heavy atom. The number of ketones is 1. The molecule has 0 radical (unpaired) electrons. The van der Waals surface area contributed by atoms with Crippen molar-refractivity contribution in [3.8, 4) is 0 Å². The van der Waals surface area contributed by atoms with Gasteiger partial charge >= 0.3 is 0 Å². The zero-order valence-corrected chi connectivity index (χ0v) is 18.7. The molecule has 0 amide bonds. The van der Waals surface area contributed by atoms with Gasteiger partial charge in [-0.25, -0.2) is 4.98 Å². The van der Waals surface area contributed by atoms with E-state index in [-0.39, 0.29) is 5.78 Å². The van der Waals surface area contributed by atoms with Crippen LogP contribution in [0.15, 0.2) is 67.1 Å². The molecule has 0 aliphatic heterocycles. The van der Waals surface area contributed by atoms with E-state index in [1.807, 2.05) is 43.3 Å². The first-order valence-corrected chi connectivity index (χ1v) is 11.2. The summed E-state index contributed by atoms with van der Waals surface area (Å²) in [6, 6.07) is 16.1. The van der Waals surface area contributed by atoms with Crippen molar-refractivity contribution in [2.24, 2.45) is 0 Å². The van der Waals surface area contributed by atoms with Gasteiger partial charge in [-0.1, -0.05) is 43.3 Å². The highest BCUT2D eigenvalue weighted by molar-refractivity contribution is 6.09. The standard InChI is InChI=1S/C27H25N5O/c1-3-7-24(33)20-15-29-26-18(14-25-30-22-12-13-28-16-23(22)31-25)9-6-10-19(26)27(20)32-21-11-5-4-8-17(21)2/h4-6,8-13,15-16H,3,7,14H2,1-2H3,(H,29,32)(H,30,31). The van der Waals surface area contributed by atoms with Crippen LogP contribution in [0.1, 0.15) is 47.1 Å². The summed E-state index contributed by atoms with van der Waals surface area (Å²) in [5, 5.41) is 4.47. The predicted molar refractivity (Wildman–Crippen MR) is 132 cm³/mol. The van der Waals surface area contributed by atoms with Crippen molar-refractivity contribution in [3.05, 3.63) is 89.6 Å². The molecule has 0 aliphatic rings. The molecular weight excluding hydrogens is 410 g/mol. The van der Waals surface area contributed by atoms with Gasteiger partial charge in [-0.2, -0.15) is 0 Å². The maximum atomic E-state index is 13.0. The molecule has 2 aromatic carbocycles. The molecule has 5 aromatic rings. The molecule has 6 heteroatoms. The van der Waals surface area contributed by atoms with Gasteiger partial charge in [0, 0.05) is 36.3 Å². The lowest BCUT2D eigenvalue weighted by Gasteiger charge is -2.17. The zero-order chi connectivity index (χ0) is 22.8. The normalized spacial score (nSPS) is 11.2. The first-order chi connectivity index (χ1) is 16.1. The molecule has 0 unspecified atom stereocenters. The monoisotopic (exact) mass is 435 g/mol. The number of nitrogens with one attached hydrogen (secondary N) is 2. The lowest BCUT2D eigenvalue weighted by molar-refractivity contribution is 0.0982. The van der Waals surface area contributed by atoms with Crippen LogP contribution in [0, 0.1) is 6.92 Å². The number of pyridine rings is 2. The summed E-state index contributed by atoms with van der Waals surface area (Å²) in [7, 11) is 0. The molecular formula is C27H25N5O. The number of Topliss-reactive ketones (excluding diaryl/α,β-unsaturated/α-hetero) is 1. The fourth-order valence-corrected chi connectivity index (χ4v) is 4.16. The van der Waals surface area contributed by atoms with E-state index < -0.39 is 0 Å². The summed E-state index contributed by atoms with van der Waals surface area (Å²) in [4.78, 5) is 29.9. The van der Waals surface area contributed by atoms with Crippen molar-refractivity contribution < 1.29 is 4.79 Å². The lowest BCUT2D eigenvalue weighted by Crippen LogP contribution is -2.07. The average Bonchev–Trinajstić information content (AvgIpc) is 3.23. The third-order valence-electron chi connectivity index (χ3n) is 5.85. The molecule has 0 fully saturated rings. The summed E-state index contributed by atoms with van der Waals surface area (Å²) in [5.74, 6) is 0.949. The van der Waals surface area contributed by atoms with Gasteiger partial charge in [0.05, 0.1) is 34.0 Å².